The van der Waals surface area contributed by atoms with Gasteiger partial charge in [-0.1, -0.05) is 58.4 Å². The Morgan fingerprint density at radius 2 is 1.48 bits per heavy atom. The molecule has 1 unspecified atom stereocenters. The normalized spacial score (nSPS) is 14.7. The third kappa shape index (κ3) is 4.32. The number of hydrogen-bond acceptors (Lipinski definition) is 1. The molecule has 0 saturated carbocycles. The van der Waals surface area contributed by atoms with Crippen molar-refractivity contribution in [1.82, 2.24) is 5.32 Å². The average Bonchev–Trinajstić information content (AvgIpc) is 2.45. The molecule has 0 aliphatic carbocycles. The smallest absolute Gasteiger partial charge is 0.296 e. The van der Waals surface area contributed by atoms with Gasteiger partial charge in [-0.25, -0.2) is 0 Å². The summed E-state index contributed by atoms with van der Waals surface area (Å²) in [6, 6.07) is 13.0. The van der Waals surface area contributed by atoms with Crippen LogP contribution in [-0.2, 0) is 0 Å². The van der Waals surface area contributed by atoms with Crippen LogP contribution in [0.2, 0.25) is 0 Å². The standard InChI is InChI=1S/C16H15BrF3N/c1-11(12-7-9-14(17)10-8-12)21-15(16(18,19)20)13-5-3-2-4-6-13/h2-11,15,21H,1H3/t11-,15?/m1/s1. The molecule has 0 aliphatic heterocycles. The Balaban J connectivity index is 2.21. The fourth-order valence-electron chi connectivity index (χ4n) is 2.12. The van der Waals surface area contributed by atoms with Gasteiger partial charge in [0.1, 0.15) is 6.04 Å². The maximum absolute atomic E-state index is 13.3. The summed E-state index contributed by atoms with van der Waals surface area (Å²) in [7, 11) is 0. The first kappa shape index (κ1) is 16.0. The second-order valence-corrected chi connectivity index (χ2v) is 5.74. The molecule has 21 heavy (non-hydrogen) atoms. The van der Waals surface area contributed by atoms with Crippen molar-refractivity contribution < 1.29 is 13.2 Å². The van der Waals surface area contributed by atoms with E-state index in [1.807, 2.05) is 12.1 Å². The van der Waals surface area contributed by atoms with Gasteiger partial charge in [-0.2, -0.15) is 13.2 Å². The van der Waals surface area contributed by atoms with E-state index in [2.05, 4.69) is 21.2 Å². The van der Waals surface area contributed by atoms with Crippen LogP contribution in [-0.4, -0.2) is 6.18 Å². The molecule has 0 heterocycles. The van der Waals surface area contributed by atoms with Crippen LogP contribution in [0.4, 0.5) is 13.2 Å². The minimum atomic E-state index is -4.34. The minimum absolute atomic E-state index is 0.217. The Bertz CT molecular complexity index is 566. The summed E-state index contributed by atoms with van der Waals surface area (Å²) in [6.45, 7) is 1.73. The number of hydrogen-bond donors (Lipinski definition) is 1. The highest BCUT2D eigenvalue weighted by atomic mass is 79.9. The van der Waals surface area contributed by atoms with Crippen LogP contribution in [0.1, 0.15) is 30.1 Å². The Hall–Kier alpha value is -1.33. The third-order valence-corrected chi connectivity index (χ3v) is 3.78. The lowest BCUT2D eigenvalue weighted by Gasteiger charge is -2.26. The van der Waals surface area contributed by atoms with Gasteiger partial charge in [0.05, 0.1) is 0 Å². The van der Waals surface area contributed by atoms with Gasteiger partial charge in [0.25, 0.3) is 0 Å². The van der Waals surface area contributed by atoms with Crippen molar-refractivity contribution in [2.75, 3.05) is 0 Å². The SMILES string of the molecule is C[C@@H](NC(c1ccccc1)C(F)(F)F)c1ccc(Br)cc1. The highest BCUT2D eigenvalue weighted by Crippen LogP contribution is 2.34. The summed E-state index contributed by atoms with van der Waals surface area (Å²) in [5.41, 5.74) is 1.03. The van der Waals surface area contributed by atoms with Gasteiger partial charge in [0.2, 0.25) is 0 Å². The van der Waals surface area contributed by atoms with Crippen molar-refractivity contribution >= 4 is 15.9 Å². The number of halogens is 4. The Kier molecular flexibility index (Phi) is 5.06. The molecule has 2 aromatic rings. The predicted molar refractivity (Wildman–Crippen MR) is 80.9 cm³/mol. The monoisotopic (exact) mass is 357 g/mol. The second-order valence-electron chi connectivity index (χ2n) is 4.83. The van der Waals surface area contributed by atoms with Gasteiger partial charge in [-0.15, -0.1) is 0 Å². The van der Waals surface area contributed by atoms with Crippen molar-refractivity contribution in [3.05, 3.63) is 70.2 Å². The van der Waals surface area contributed by atoms with Crippen LogP contribution in [0.25, 0.3) is 0 Å². The Morgan fingerprint density at radius 1 is 0.905 bits per heavy atom. The van der Waals surface area contributed by atoms with Crippen molar-refractivity contribution in [2.45, 2.75) is 25.2 Å². The van der Waals surface area contributed by atoms with Gasteiger partial charge in [0.15, 0.2) is 0 Å². The quantitative estimate of drug-likeness (QED) is 0.771. The summed E-state index contributed by atoms with van der Waals surface area (Å²) in [6.07, 6.45) is -4.34. The van der Waals surface area contributed by atoms with Gasteiger partial charge in [0, 0.05) is 10.5 Å². The molecule has 0 aromatic heterocycles. The zero-order chi connectivity index (χ0) is 15.5. The molecule has 1 nitrogen and oxygen atoms in total. The summed E-state index contributed by atoms with van der Waals surface area (Å²) >= 11 is 3.31. The average molecular weight is 358 g/mol. The van der Waals surface area contributed by atoms with E-state index in [9.17, 15) is 13.2 Å². The molecule has 5 heteroatoms. The van der Waals surface area contributed by atoms with Gasteiger partial charge in [-0.3, -0.25) is 5.32 Å². The second kappa shape index (κ2) is 6.62. The maximum Gasteiger partial charge on any atom is 0.407 e. The molecule has 0 spiro atoms. The first-order valence-electron chi connectivity index (χ1n) is 6.51. The lowest BCUT2D eigenvalue weighted by molar-refractivity contribution is -0.159. The Morgan fingerprint density at radius 3 is 2.00 bits per heavy atom. The molecule has 112 valence electrons. The highest BCUT2D eigenvalue weighted by molar-refractivity contribution is 9.10. The predicted octanol–water partition coefficient (Wildman–Crippen LogP) is 5.40. The summed E-state index contributed by atoms with van der Waals surface area (Å²) in [5, 5.41) is 2.67. The molecule has 2 atom stereocenters. The van der Waals surface area contributed by atoms with Crippen molar-refractivity contribution in [3.8, 4) is 0 Å². The molecular formula is C16H15BrF3N. The first-order chi connectivity index (χ1) is 9.88. The minimum Gasteiger partial charge on any atom is -0.296 e. The molecule has 0 saturated heterocycles. The fourth-order valence-corrected chi connectivity index (χ4v) is 2.39. The van der Waals surface area contributed by atoms with Crippen LogP contribution in [0.5, 0.6) is 0 Å². The van der Waals surface area contributed by atoms with Crippen LogP contribution < -0.4 is 5.32 Å². The molecule has 0 bridgehead atoms. The van der Waals surface area contributed by atoms with Crippen LogP contribution >= 0.6 is 15.9 Å². The molecule has 0 aliphatic rings. The summed E-state index contributed by atoms with van der Waals surface area (Å²) < 4.78 is 40.7. The van der Waals surface area contributed by atoms with E-state index in [1.54, 1.807) is 37.3 Å². The molecule has 0 amide bonds. The van der Waals surface area contributed by atoms with E-state index in [0.717, 1.165) is 10.0 Å². The van der Waals surface area contributed by atoms with Crippen molar-refractivity contribution in [3.63, 3.8) is 0 Å². The molecule has 2 rings (SSSR count). The number of nitrogens with one attached hydrogen (secondary N) is 1. The van der Waals surface area contributed by atoms with E-state index in [0.29, 0.717) is 0 Å². The fraction of sp³-hybridized carbons (Fsp3) is 0.250. The molecule has 1 N–H and O–H groups in total. The largest absolute Gasteiger partial charge is 0.407 e. The van der Waals surface area contributed by atoms with E-state index in [4.69, 9.17) is 0 Å². The lowest BCUT2D eigenvalue weighted by Crippen LogP contribution is -2.35. The zero-order valence-electron chi connectivity index (χ0n) is 11.4. The maximum atomic E-state index is 13.3. The zero-order valence-corrected chi connectivity index (χ0v) is 12.9. The van der Waals surface area contributed by atoms with Gasteiger partial charge < -0.3 is 0 Å². The third-order valence-electron chi connectivity index (χ3n) is 3.25. The molecule has 0 radical (unpaired) electrons. The number of alkyl halides is 3. The van der Waals surface area contributed by atoms with E-state index < -0.39 is 18.3 Å². The Labute approximate surface area is 130 Å². The van der Waals surface area contributed by atoms with Crippen molar-refractivity contribution in [1.29, 1.82) is 0 Å². The van der Waals surface area contributed by atoms with Gasteiger partial charge in [-0.05, 0) is 30.2 Å². The van der Waals surface area contributed by atoms with Crippen LogP contribution in [0.15, 0.2) is 59.1 Å². The lowest BCUT2D eigenvalue weighted by atomic mass is 10.0. The topological polar surface area (TPSA) is 12.0 Å². The highest BCUT2D eigenvalue weighted by Gasteiger charge is 2.41. The van der Waals surface area contributed by atoms with Crippen LogP contribution in [0.3, 0.4) is 0 Å². The van der Waals surface area contributed by atoms with E-state index in [-0.39, 0.29) is 5.56 Å². The molecule has 0 fully saturated rings. The summed E-state index contributed by atoms with van der Waals surface area (Å²) in [5.74, 6) is 0. The van der Waals surface area contributed by atoms with E-state index >= 15 is 0 Å². The first-order valence-corrected chi connectivity index (χ1v) is 7.30. The number of benzene rings is 2. The molecular weight excluding hydrogens is 343 g/mol. The van der Waals surface area contributed by atoms with E-state index in [1.165, 1.54) is 12.1 Å². The van der Waals surface area contributed by atoms with Crippen molar-refractivity contribution in [2.24, 2.45) is 0 Å². The summed E-state index contributed by atoms with van der Waals surface area (Å²) in [4.78, 5) is 0. The van der Waals surface area contributed by atoms with Gasteiger partial charge >= 0.3 is 6.18 Å². The number of rotatable bonds is 4. The molecule has 2 aromatic carbocycles. The van der Waals surface area contributed by atoms with Crippen LogP contribution in [0, 0.1) is 0 Å².